The van der Waals surface area contributed by atoms with Crippen molar-refractivity contribution in [3.05, 3.63) is 39.2 Å². The smallest absolute Gasteiger partial charge is 0.258 e. The van der Waals surface area contributed by atoms with Gasteiger partial charge >= 0.3 is 0 Å². The standard InChI is InChI=1S/C12H12BrNO2/c1-3-14-5-4-8-6-10(13)11(16-2)7-9(8)12(14)15/h4-7H,3H2,1-2H3. The number of nitrogens with zero attached hydrogens (tertiary/aromatic N) is 1. The van der Waals surface area contributed by atoms with E-state index in [4.69, 9.17) is 4.74 Å². The zero-order chi connectivity index (χ0) is 11.7. The molecule has 2 rings (SSSR count). The highest BCUT2D eigenvalue weighted by atomic mass is 79.9. The Hall–Kier alpha value is -1.29. The van der Waals surface area contributed by atoms with Crippen molar-refractivity contribution in [2.45, 2.75) is 13.5 Å². The number of hydrogen-bond donors (Lipinski definition) is 0. The Morgan fingerprint density at radius 1 is 1.44 bits per heavy atom. The van der Waals surface area contributed by atoms with Crippen LogP contribution in [0.3, 0.4) is 0 Å². The lowest BCUT2D eigenvalue weighted by molar-refractivity contribution is 0.413. The molecule has 0 aliphatic carbocycles. The molecule has 0 saturated carbocycles. The molecule has 1 heterocycles. The van der Waals surface area contributed by atoms with Crippen molar-refractivity contribution in [2.24, 2.45) is 0 Å². The van der Waals surface area contributed by atoms with Gasteiger partial charge in [0.25, 0.3) is 5.56 Å². The summed E-state index contributed by atoms with van der Waals surface area (Å²) in [5, 5.41) is 1.60. The number of fused-ring (bicyclic) bond motifs is 1. The molecule has 0 saturated heterocycles. The second-order valence-electron chi connectivity index (χ2n) is 3.48. The molecule has 2 aromatic rings. The largest absolute Gasteiger partial charge is 0.496 e. The van der Waals surface area contributed by atoms with E-state index in [-0.39, 0.29) is 5.56 Å². The number of ether oxygens (including phenoxy) is 1. The molecule has 0 spiro atoms. The molecular formula is C12H12BrNO2. The highest BCUT2D eigenvalue weighted by Gasteiger charge is 2.06. The van der Waals surface area contributed by atoms with Crippen LogP contribution in [0.5, 0.6) is 5.75 Å². The fraction of sp³-hybridized carbons (Fsp3) is 0.250. The predicted octanol–water partition coefficient (Wildman–Crippen LogP) is 2.79. The molecule has 84 valence electrons. The van der Waals surface area contributed by atoms with Crippen LogP contribution >= 0.6 is 15.9 Å². The maximum absolute atomic E-state index is 12.0. The second kappa shape index (κ2) is 4.29. The van der Waals surface area contributed by atoms with E-state index in [1.807, 2.05) is 25.3 Å². The van der Waals surface area contributed by atoms with Crippen LogP contribution in [-0.2, 0) is 6.54 Å². The number of hydrogen-bond acceptors (Lipinski definition) is 2. The predicted molar refractivity (Wildman–Crippen MR) is 68.1 cm³/mol. The van der Waals surface area contributed by atoms with Gasteiger partial charge in [0.2, 0.25) is 0 Å². The summed E-state index contributed by atoms with van der Waals surface area (Å²) >= 11 is 3.40. The Kier molecular flexibility index (Phi) is 3.01. The highest BCUT2D eigenvalue weighted by Crippen LogP contribution is 2.28. The number of benzene rings is 1. The van der Waals surface area contributed by atoms with Crippen LogP contribution in [0.4, 0.5) is 0 Å². The van der Waals surface area contributed by atoms with Gasteiger partial charge in [-0.05, 0) is 46.4 Å². The third-order valence-electron chi connectivity index (χ3n) is 2.59. The number of aromatic nitrogens is 1. The molecule has 0 radical (unpaired) electrons. The summed E-state index contributed by atoms with van der Waals surface area (Å²) < 4.78 is 7.72. The Morgan fingerprint density at radius 3 is 2.81 bits per heavy atom. The molecule has 3 nitrogen and oxygen atoms in total. The minimum Gasteiger partial charge on any atom is -0.496 e. The summed E-state index contributed by atoms with van der Waals surface area (Å²) in [4.78, 5) is 12.0. The van der Waals surface area contributed by atoms with Gasteiger partial charge < -0.3 is 9.30 Å². The van der Waals surface area contributed by atoms with E-state index >= 15 is 0 Å². The van der Waals surface area contributed by atoms with Gasteiger partial charge in [-0.25, -0.2) is 0 Å². The fourth-order valence-corrected chi connectivity index (χ4v) is 2.21. The molecule has 0 aliphatic heterocycles. The Morgan fingerprint density at radius 2 is 2.19 bits per heavy atom. The topological polar surface area (TPSA) is 31.2 Å². The van der Waals surface area contributed by atoms with Crippen LogP contribution in [0.25, 0.3) is 10.8 Å². The van der Waals surface area contributed by atoms with Crippen molar-refractivity contribution in [1.82, 2.24) is 4.57 Å². The van der Waals surface area contributed by atoms with E-state index in [0.717, 1.165) is 9.86 Å². The molecule has 1 aromatic carbocycles. The first-order chi connectivity index (χ1) is 7.67. The van der Waals surface area contributed by atoms with Gasteiger partial charge in [-0.1, -0.05) is 0 Å². The van der Waals surface area contributed by atoms with E-state index in [1.54, 1.807) is 17.7 Å². The molecule has 1 aromatic heterocycles. The number of aryl methyl sites for hydroxylation is 1. The summed E-state index contributed by atoms with van der Waals surface area (Å²) in [5.74, 6) is 0.679. The van der Waals surface area contributed by atoms with E-state index in [9.17, 15) is 4.79 Å². The van der Waals surface area contributed by atoms with Crippen molar-refractivity contribution >= 4 is 26.7 Å². The van der Waals surface area contributed by atoms with Crippen LogP contribution in [-0.4, -0.2) is 11.7 Å². The van der Waals surface area contributed by atoms with E-state index < -0.39 is 0 Å². The van der Waals surface area contributed by atoms with Gasteiger partial charge in [-0.15, -0.1) is 0 Å². The second-order valence-corrected chi connectivity index (χ2v) is 4.34. The average molecular weight is 282 g/mol. The molecular weight excluding hydrogens is 270 g/mol. The Balaban J connectivity index is 2.82. The zero-order valence-electron chi connectivity index (χ0n) is 9.16. The first-order valence-electron chi connectivity index (χ1n) is 5.04. The third kappa shape index (κ3) is 1.73. The summed E-state index contributed by atoms with van der Waals surface area (Å²) in [7, 11) is 1.59. The summed E-state index contributed by atoms with van der Waals surface area (Å²) in [6.45, 7) is 2.62. The first kappa shape index (κ1) is 11.2. The molecule has 0 bridgehead atoms. The molecule has 0 N–H and O–H groups in total. The van der Waals surface area contributed by atoms with Crippen LogP contribution < -0.4 is 10.3 Å². The Bertz CT molecular complexity index is 589. The van der Waals surface area contributed by atoms with E-state index in [1.165, 1.54) is 0 Å². The van der Waals surface area contributed by atoms with E-state index in [2.05, 4.69) is 15.9 Å². The monoisotopic (exact) mass is 281 g/mol. The zero-order valence-corrected chi connectivity index (χ0v) is 10.7. The van der Waals surface area contributed by atoms with Gasteiger partial charge in [0.15, 0.2) is 0 Å². The van der Waals surface area contributed by atoms with Gasteiger partial charge in [0.05, 0.1) is 17.0 Å². The maximum Gasteiger partial charge on any atom is 0.258 e. The number of halogens is 1. The maximum atomic E-state index is 12.0. The lowest BCUT2D eigenvalue weighted by atomic mass is 10.1. The molecule has 4 heteroatoms. The normalized spacial score (nSPS) is 10.7. The quantitative estimate of drug-likeness (QED) is 0.848. The van der Waals surface area contributed by atoms with Gasteiger partial charge in [-0.2, -0.15) is 0 Å². The first-order valence-corrected chi connectivity index (χ1v) is 5.83. The van der Waals surface area contributed by atoms with E-state index in [0.29, 0.717) is 17.7 Å². The van der Waals surface area contributed by atoms with Crippen molar-refractivity contribution in [3.63, 3.8) is 0 Å². The van der Waals surface area contributed by atoms with Crippen molar-refractivity contribution in [3.8, 4) is 5.75 Å². The summed E-state index contributed by atoms with van der Waals surface area (Å²) in [5.41, 5.74) is 0.0193. The van der Waals surface area contributed by atoms with Crippen LogP contribution in [0.2, 0.25) is 0 Å². The van der Waals surface area contributed by atoms with Crippen molar-refractivity contribution in [2.75, 3.05) is 7.11 Å². The number of methoxy groups -OCH3 is 1. The third-order valence-corrected chi connectivity index (χ3v) is 3.21. The SMILES string of the molecule is CCn1ccc2cc(Br)c(OC)cc2c1=O. The van der Waals surface area contributed by atoms with Crippen LogP contribution in [0.1, 0.15) is 6.92 Å². The lowest BCUT2D eigenvalue weighted by Gasteiger charge is -2.07. The lowest BCUT2D eigenvalue weighted by Crippen LogP contribution is -2.18. The molecule has 0 fully saturated rings. The number of pyridine rings is 1. The van der Waals surface area contributed by atoms with Crippen molar-refractivity contribution < 1.29 is 4.74 Å². The molecule has 0 unspecified atom stereocenters. The van der Waals surface area contributed by atoms with Crippen LogP contribution in [0.15, 0.2) is 33.7 Å². The fourth-order valence-electron chi connectivity index (χ4n) is 1.69. The van der Waals surface area contributed by atoms with Gasteiger partial charge in [0.1, 0.15) is 5.75 Å². The van der Waals surface area contributed by atoms with Gasteiger partial charge in [-0.3, -0.25) is 4.79 Å². The molecule has 0 amide bonds. The van der Waals surface area contributed by atoms with Gasteiger partial charge in [0, 0.05) is 12.7 Å². The Labute approximate surface area is 102 Å². The molecule has 0 atom stereocenters. The minimum atomic E-state index is 0.0193. The molecule has 16 heavy (non-hydrogen) atoms. The minimum absolute atomic E-state index is 0.0193. The average Bonchev–Trinajstić information content (AvgIpc) is 2.29. The molecule has 0 aliphatic rings. The summed E-state index contributed by atoms with van der Waals surface area (Å²) in [6.07, 6.45) is 1.81. The summed E-state index contributed by atoms with van der Waals surface area (Å²) in [6, 6.07) is 5.61. The van der Waals surface area contributed by atoms with Crippen molar-refractivity contribution in [1.29, 1.82) is 0 Å². The number of rotatable bonds is 2. The highest BCUT2D eigenvalue weighted by molar-refractivity contribution is 9.10. The van der Waals surface area contributed by atoms with Crippen LogP contribution in [0, 0.1) is 0 Å².